The molecule has 0 aliphatic carbocycles. The Hall–Kier alpha value is -6.84. The average molecular weight is 681 g/mol. The van der Waals surface area contributed by atoms with Gasteiger partial charge in [-0.3, -0.25) is 0 Å². The van der Waals surface area contributed by atoms with E-state index in [1.165, 1.54) is 0 Å². The molecule has 0 amide bonds. The van der Waals surface area contributed by atoms with Crippen molar-refractivity contribution in [2.75, 3.05) is 0 Å². The zero-order valence-corrected chi connectivity index (χ0v) is 25.3. The minimum atomic E-state index is -1.03. The lowest BCUT2D eigenvalue weighted by Crippen LogP contribution is -1.96. The second-order valence-corrected chi connectivity index (χ2v) is 11.0. The number of furan rings is 1. The standard InChI is InChI=1S/C48H30N2O/c1-2-12-31(13-3-1)32-14-10-15-33(28-32)34-24-26-39-47(29-34)51-46-23-11-22-45(48(39)46)50-43-21-9-6-18-38(43)40-30-35(25-27-44(40)50)49-41-19-7-4-16-36(41)37-17-5-8-20-42(37)49/h1-30H/i1D,2D,3D,4D,5D,6D,7D,8D,9D,10D,11D,12D,13D,14D,15D,16D,17D,18D,19D,20D,21D,22D,23D,24D,25D,26D,27D,28D,29D,30D. The van der Waals surface area contributed by atoms with Crippen LogP contribution < -0.4 is 0 Å². The maximum atomic E-state index is 9.98. The summed E-state index contributed by atoms with van der Waals surface area (Å²) in [5, 5.41) is -3.41. The first-order valence-corrected chi connectivity index (χ1v) is 15.0. The van der Waals surface area contributed by atoms with E-state index in [-0.39, 0.29) is 0 Å². The van der Waals surface area contributed by atoms with Gasteiger partial charge in [0.2, 0.25) is 0 Å². The molecule has 11 aromatic rings. The molecule has 0 radical (unpaired) electrons. The number of hydrogen-bond acceptors (Lipinski definition) is 1. The molecule has 0 saturated carbocycles. The molecule has 3 nitrogen and oxygen atoms in total. The minimum Gasteiger partial charge on any atom is -0.456 e. The second-order valence-electron chi connectivity index (χ2n) is 11.0. The summed E-state index contributed by atoms with van der Waals surface area (Å²) >= 11 is 0. The third-order valence-electron chi connectivity index (χ3n) is 8.30. The molecule has 238 valence electrons. The van der Waals surface area contributed by atoms with Crippen molar-refractivity contribution in [2.24, 2.45) is 0 Å². The molecule has 0 N–H and O–H groups in total. The van der Waals surface area contributed by atoms with Gasteiger partial charge in [-0.05, 0) is 88.7 Å². The van der Waals surface area contributed by atoms with Crippen molar-refractivity contribution >= 4 is 65.6 Å². The molecule has 0 aliphatic rings. The van der Waals surface area contributed by atoms with Crippen LogP contribution in [0.25, 0.3) is 99.2 Å². The summed E-state index contributed by atoms with van der Waals surface area (Å²) in [6, 6.07) is -27.5. The van der Waals surface area contributed by atoms with E-state index in [0.717, 1.165) is 9.13 Å². The topological polar surface area (TPSA) is 23.0 Å². The number of hydrogen-bond donors (Lipinski definition) is 0. The Morgan fingerprint density at radius 1 is 0.353 bits per heavy atom. The van der Waals surface area contributed by atoms with E-state index in [4.69, 9.17) is 31.8 Å². The highest BCUT2D eigenvalue weighted by molar-refractivity contribution is 6.15. The van der Waals surface area contributed by atoms with Gasteiger partial charge in [0.25, 0.3) is 0 Å². The fraction of sp³-hybridized carbons (Fsp3) is 0. The molecule has 0 spiro atoms. The molecule has 0 aliphatic heterocycles. The Labute approximate surface area is 336 Å². The summed E-state index contributed by atoms with van der Waals surface area (Å²) in [7, 11) is 0. The monoisotopic (exact) mass is 680 g/mol. The maximum Gasteiger partial charge on any atom is 0.137 e. The van der Waals surface area contributed by atoms with Crippen LogP contribution in [0.4, 0.5) is 0 Å². The average Bonchev–Trinajstić information content (AvgIpc) is 4.21. The number of fused-ring (bicyclic) bond motifs is 9. The first-order chi connectivity index (χ1) is 37.8. The van der Waals surface area contributed by atoms with Gasteiger partial charge in [0.05, 0.1) is 74.3 Å². The predicted molar refractivity (Wildman–Crippen MR) is 213 cm³/mol. The van der Waals surface area contributed by atoms with Crippen LogP contribution in [-0.4, -0.2) is 9.13 Å². The molecule has 0 unspecified atom stereocenters. The van der Waals surface area contributed by atoms with Crippen LogP contribution in [0.2, 0.25) is 0 Å². The molecular formula is C48H30N2O. The van der Waals surface area contributed by atoms with Gasteiger partial charge in [-0.25, -0.2) is 0 Å². The molecule has 3 heterocycles. The van der Waals surface area contributed by atoms with Gasteiger partial charge in [-0.1, -0.05) is 115 Å². The van der Waals surface area contributed by atoms with Crippen LogP contribution in [0.1, 0.15) is 41.1 Å². The molecular weight excluding hydrogens is 621 g/mol. The molecule has 11 rings (SSSR count). The third kappa shape index (κ3) is 4.19. The smallest absolute Gasteiger partial charge is 0.137 e. The summed E-state index contributed by atoms with van der Waals surface area (Å²) in [6.07, 6.45) is 0. The van der Waals surface area contributed by atoms with Crippen molar-refractivity contribution in [3.63, 3.8) is 0 Å². The molecule has 8 aromatic carbocycles. The zero-order chi connectivity index (χ0) is 59.6. The fourth-order valence-corrected chi connectivity index (χ4v) is 6.18. The van der Waals surface area contributed by atoms with Gasteiger partial charge < -0.3 is 13.6 Å². The van der Waals surface area contributed by atoms with Crippen LogP contribution in [0.5, 0.6) is 0 Å². The van der Waals surface area contributed by atoms with Crippen LogP contribution in [-0.2, 0) is 0 Å². The normalized spacial score (nSPS) is 20.2. The first-order valence-electron chi connectivity index (χ1n) is 30.0. The van der Waals surface area contributed by atoms with E-state index < -0.39 is 280 Å². The zero-order valence-electron chi connectivity index (χ0n) is 55.3. The van der Waals surface area contributed by atoms with Crippen LogP contribution in [0.15, 0.2) is 186 Å². The van der Waals surface area contributed by atoms with E-state index in [0.29, 0.717) is 0 Å². The molecule has 0 saturated heterocycles. The van der Waals surface area contributed by atoms with E-state index in [9.17, 15) is 13.7 Å². The van der Waals surface area contributed by atoms with E-state index in [2.05, 4.69) is 0 Å². The summed E-state index contributed by atoms with van der Waals surface area (Å²) in [6.45, 7) is 0. The Bertz CT molecular complexity index is 4770. The maximum absolute atomic E-state index is 9.98. The summed E-state index contributed by atoms with van der Waals surface area (Å²) < 4.78 is 277. The van der Waals surface area contributed by atoms with Crippen molar-refractivity contribution in [3.05, 3.63) is 181 Å². The quantitative estimate of drug-likeness (QED) is 0.181. The van der Waals surface area contributed by atoms with Crippen molar-refractivity contribution < 1.29 is 45.5 Å². The van der Waals surface area contributed by atoms with E-state index in [1.54, 1.807) is 0 Å². The molecule has 3 heteroatoms. The van der Waals surface area contributed by atoms with Crippen LogP contribution in [0.3, 0.4) is 0 Å². The highest BCUT2D eigenvalue weighted by Crippen LogP contribution is 2.41. The molecule has 0 bridgehead atoms. The lowest BCUT2D eigenvalue weighted by molar-refractivity contribution is 0.669. The first kappa shape index (κ1) is 11.6. The predicted octanol–water partition coefficient (Wildman–Crippen LogP) is 13.1. The summed E-state index contributed by atoms with van der Waals surface area (Å²) in [5.41, 5.74) is -8.66. The molecule has 0 fully saturated rings. The van der Waals surface area contributed by atoms with Crippen molar-refractivity contribution in [1.82, 2.24) is 9.13 Å². The number of para-hydroxylation sites is 3. The van der Waals surface area contributed by atoms with Gasteiger partial charge in [-0.15, -0.1) is 0 Å². The molecule has 51 heavy (non-hydrogen) atoms. The Balaban J connectivity index is 1.33. The summed E-state index contributed by atoms with van der Waals surface area (Å²) in [4.78, 5) is 0. The van der Waals surface area contributed by atoms with Crippen molar-refractivity contribution in [2.45, 2.75) is 0 Å². The fourth-order valence-electron chi connectivity index (χ4n) is 6.18. The van der Waals surface area contributed by atoms with Crippen molar-refractivity contribution in [3.8, 4) is 33.6 Å². The summed E-state index contributed by atoms with van der Waals surface area (Å²) in [5.74, 6) is 0. The Kier molecular flexibility index (Phi) is 2.47. The Morgan fingerprint density at radius 2 is 0.922 bits per heavy atom. The van der Waals surface area contributed by atoms with Gasteiger partial charge in [0, 0.05) is 32.6 Å². The number of rotatable bonds is 4. The SMILES string of the molecule is [2H]c1c([2H])c([2H])c(-c2c([2H])c([2H])c([2H])c(-c3c([2H])c([2H])c4c(oc5c([2H])c([2H])c([2H])c(-n6c7c([2H])c([2H])c([2H])c([2H])c7c7c([2H])c(-n8c9c([2H])c([2H])c([2H])c([2H])c9c9c([2H])c([2H])c([2H])c([2H])c98)c([2H])c([2H])c76)c54)c3[2H])c2[2H])c([2H])c1[2H]. The number of benzene rings is 8. The highest BCUT2D eigenvalue weighted by atomic mass is 16.3. The second kappa shape index (κ2) is 10.8. The lowest BCUT2D eigenvalue weighted by Gasteiger charge is -2.11. The minimum absolute atomic E-state index is 0.470. The Morgan fingerprint density at radius 3 is 1.67 bits per heavy atom. The van der Waals surface area contributed by atoms with E-state index >= 15 is 0 Å². The third-order valence-corrected chi connectivity index (χ3v) is 8.30. The van der Waals surface area contributed by atoms with E-state index in [1.807, 2.05) is 0 Å². The molecule has 0 atom stereocenters. The largest absolute Gasteiger partial charge is 0.456 e. The van der Waals surface area contributed by atoms with Crippen LogP contribution >= 0.6 is 0 Å². The van der Waals surface area contributed by atoms with Gasteiger partial charge in [0.1, 0.15) is 11.2 Å². The lowest BCUT2D eigenvalue weighted by atomic mass is 9.98. The van der Waals surface area contributed by atoms with Gasteiger partial charge in [-0.2, -0.15) is 0 Å². The van der Waals surface area contributed by atoms with Gasteiger partial charge in [0.15, 0.2) is 0 Å². The number of aromatic nitrogens is 2. The van der Waals surface area contributed by atoms with Gasteiger partial charge >= 0.3 is 0 Å². The van der Waals surface area contributed by atoms with Crippen molar-refractivity contribution in [1.29, 1.82) is 0 Å². The highest BCUT2D eigenvalue weighted by Gasteiger charge is 2.19. The van der Waals surface area contributed by atoms with Crippen LogP contribution in [0, 0.1) is 0 Å². The molecule has 3 aromatic heterocycles. The number of nitrogens with zero attached hydrogens (tertiary/aromatic N) is 2.